The van der Waals surface area contributed by atoms with E-state index in [1.54, 1.807) is 18.2 Å². The Balaban J connectivity index is 1.55. The molecule has 0 spiro atoms. The molecule has 2 amide bonds. The van der Waals surface area contributed by atoms with Crippen LogP contribution in [0, 0.1) is 0 Å². The average molecular weight is 370 g/mol. The van der Waals surface area contributed by atoms with Crippen LogP contribution >= 0.6 is 0 Å². The number of carbonyl (C=O) groups excluding carboxylic acids is 2. The molecule has 0 unspecified atom stereocenters. The molecule has 9 nitrogen and oxygen atoms in total. The van der Waals surface area contributed by atoms with Crippen LogP contribution in [0.5, 0.6) is 0 Å². The summed E-state index contributed by atoms with van der Waals surface area (Å²) in [6.07, 6.45) is 2.66. The first-order chi connectivity index (χ1) is 13.2. The maximum atomic E-state index is 12.2. The predicted molar refractivity (Wildman–Crippen MR) is 97.9 cm³/mol. The van der Waals surface area contributed by atoms with Crippen molar-refractivity contribution in [3.63, 3.8) is 0 Å². The van der Waals surface area contributed by atoms with Crippen LogP contribution in [0.2, 0.25) is 0 Å². The number of carbonyl (C=O) groups is 2. The maximum absolute atomic E-state index is 12.2. The number of pyridine rings is 1. The molecule has 2 aliphatic rings. The number of fused-ring (bicyclic) bond motifs is 7. The van der Waals surface area contributed by atoms with Crippen molar-refractivity contribution in [1.29, 1.82) is 0 Å². The molecule has 27 heavy (non-hydrogen) atoms. The first-order valence-electron chi connectivity index (χ1n) is 9.19. The number of aromatic amines is 1. The minimum Gasteiger partial charge on any atom is -0.446 e. The van der Waals surface area contributed by atoms with Crippen molar-refractivity contribution >= 4 is 23.6 Å². The Kier molecular flexibility index (Phi) is 4.91. The highest BCUT2D eigenvalue weighted by Gasteiger charge is 2.30. The summed E-state index contributed by atoms with van der Waals surface area (Å²) in [5.41, 5.74) is 1.32. The Hall–Kier alpha value is -3.10. The molecule has 142 valence electrons. The van der Waals surface area contributed by atoms with Crippen LogP contribution in [0.25, 0.3) is 0 Å². The van der Waals surface area contributed by atoms with E-state index in [0.29, 0.717) is 36.8 Å². The van der Waals surface area contributed by atoms with Crippen LogP contribution in [0.3, 0.4) is 0 Å². The van der Waals surface area contributed by atoms with Crippen molar-refractivity contribution in [1.82, 2.24) is 25.8 Å². The number of rotatable bonds is 0. The van der Waals surface area contributed by atoms with Gasteiger partial charge in [0, 0.05) is 30.8 Å². The predicted octanol–water partition coefficient (Wildman–Crippen LogP) is 2.04. The molecule has 3 heterocycles. The van der Waals surface area contributed by atoms with Crippen LogP contribution in [0.4, 0.5) is 16.4 Å². The summed E-state index contributed by atoms with van der Waals surface area (Å²) in [5.74, 6) is 1.21. The van der Waals surface area contributed by atoms with E-state index in [2.05, 4.69) is 31.1 Å². The average Bonchev–Trinajstić information content (AvgIpc) is 3.30. The molecule has 1 saturated carbocycles. The first kappa shape index (κ1) is 17.3. The summed E-state index contributed by atoms with van der Waals surface area (Å²) >= 11 is 0. The monoisotopic (exact) mass is 370 g/mol. The molecule has 2 aromatic heterocycles. The van der Waals surface area contributed by atoms with Crippen LogP contribution < -0.4 is 16.0 Å². The van der Waals surface area contributed by atoms with E-state index in [0.717, 1.165) is 25.0 Å². The van der Waals surface area contributed by atoms with Gasteiger partial charge in [0.05, 0.1) is 0 Å². The van der Waals surface area contributed by atoms with Crippen LogP contribution in [0.15, 0.2) is 24.3 Å². The Morgan fingerprint density at radius 3 is 2.89 bits per heavy atom. The van der Waals surface area contributed by atoms with Gasteiger partial charge in [0.2, 0.25) is 0 Å². The molecule has 4 rings (SSSR count). The summed E-state index contributed by atoms with van der Waals surface area (Å²) < 4.78 is 5.49. The summed E-state index contributed by atoms with van der Waals surface area (Å²) in [4.78, 5) is 28.5. The van der Waals surface area contributed by atoms with Crippen molar-refractivity contribution in [3.8, 4) is 0 Å². The normalized spacial score (nSPS) is 23.3. The molecule has 6 bridgehead atoms. The second-order valence-corrected chi connectivity index (χ2v) is 6.82. The molecule has 4 N–H and O–H groups in total. The van der Waals surface area contributed by atoms with Gasteiger partial charge in [0.25, 0.3) is 5.91 Å². The van der Waals surface area contributed by atoms with E-state index in [1.807, 2.05) is 6.07 Å². The highest BCUT2D eigenvalue weighted by molar-refractivity contribution is 5.92. The highest BCUT2D eigenvalue weighted by atomic mass is 16.6. The number of H-pyrrole nitrogens is 1. The molecule has 1 fully saturated rings. The smallest absolute Gasteiger partial charge is 0.407 e. The third kappa shape index (κ3) is 4.18. The Morgan fingerprint density at radius 2 is 1.96 bits per heavy atom. The van der Waals surface area contributed by atoms with Crippen molar-refractivity contribution in [3.05, 3.63) is 35.7 Å². The second-order valence-electron chi connectivity index (χ2n) is 6.82. The minimum absolute atomic E-state index is 0.0911. The van der Waals surface area contributed by atoms with Gasteiger partial charge in [0.15, 0.2) is 5.82 Å². The number of nitrogens with one attached hydrogen (secondary N) is 4. The van der Waals surface area contributed by atoms with Gasteiger partial charge in [-0.25, -0.2) is 9.78 Å². The number of amides is 2. The number of nitrogens with zero attached hydrogens (tertiary/aromatic N) is 2. The molecule has 0 aromatic carbocycles. The van der Waals surface area contributed by atoms with E-state index >= 15 is 0 Å². The fourth-order valence-electron chi connectivity index (χ4n) is 3.47. The third-order valence-corrected chi connectivity index (χ3v) is 4.84. The SMILES string of the molecule is O=C1NCCCNC(=O)c2cccc(n2)Nc2cc([nH]n2)[C@H]2CC[C@H](C2)O1. The molecular formula is C18H22N6O3. The molecule has 1 aliphatic carbocycles. The molecule has 2 atom stereocenters. The van der Waals surface area contributed by atoms with Crippen LogP contribution in [0.1, 0.15) is 47.8 Å². The van der Waals surface area contributed by atoms with E-state index in [9.17, 15) is 9.59 Å². The Bertz CT molecular complexity index is 836. The van der Waals surface area contributed by atoms with Crippen molar-refractivity contribution in [2.24, 2.45) is 0 Å². The van der Waals surface area contributed by atoms with E-state index < -0.39 is 6.09 Å². The van der Waals surface area contributed by atoms with E-state index in [1.165, 1.54) is 0 Å². The first-order valence-corrected chi connectivity index (χ1v) is 9.19. The molecule has 0 radical (unpaired) electrons. The topological polar surface area (TPSA) is 121 Å². The van der Waals surface area contributed by atoms with Gasteiger partial charge in [-0.15, -0.1) is 0 Å². The lowest BCUT2D eigenvalue weighted by molar-refractivity contribution is 0.0948. The van der Waals surface area contributed by atoms with Gasteiger partial charge in [0.1, 0.15) is 17.6 Å². The van der Waals surface area contributed by atoms with Gasteiger partial charge in [-0.1, -0.05) is 6.07 Å². The number of ether oxygens (including phenoxy) is 1. The number of anilines is 2. The zero-order valence-corrected chi connectivity index (χ0v) is 14.8. The van der Waals surface area contributed by atoms with Crippen molar-refractivity contribution in [2.75, 3.05) is 18.4 Å². The quantitative estimate of drug-likeness (QED) is 0.563. The van der Waals surface area contributed by atoms with Gasteiger partial charge in [-0.3, -0.25) is 9.89 Å². The fourth-order valence-corrected chi connectivity index (χ4v) is 3.47. The minimum atomic E-state index is -0.408. The van der Waals surface area contributed by atoms with E-state index in [-0.39, 0.29) is 17.9 Å². The van der Waals surface area contributed by atoms with Gasteiger partial charge < -0.3 is 20.7 Å². The van der Waals surface area contributed by atoms with Crippen LogP contribution in [-0.2, 0) is 4.74 Å². The zero-order chi connectivity index (χ0) is 18.6. The van der Waals surface area contributed by atoms with Crippen molar-refractivity contribution < 1.29 is 14.3 Å². The Labute approximate surface area is 156 Å². The number of alkyl carbamates (subject to hydrolysis) is 1. The van der Waals surface area contributed by atoms with Gasteiger partial charge in [-0.05, 0) is 37.8 Å². The zero-order valence-electron chi connectivity index (χ0n) is 14.8. The van der Waals surface area contributed by atoms with Crippen molar-refractivity contribution in [2.45, 2.75) is 37.7 Å². The largest absolute Gasteiger partial charge is 0.446 e. The molecule has 1 aliphatic heterocycles. The number of hydrogen-bond acceptors (Lipinski definition) is 6. The van der Waals surface area contributed by atoms with Gasteiger partial charge in [-0.2, -0.15) is 5.10 Å². The highest BCUT2D eigenvalue weighted by Crippen LogP contribution is 2.36. The second kappa shape index (κ2) is 7.65. The summed E-state index contributed by atoms with van der Waals surface area (Å²) in [6.45, 7) is 0.876. The van der Waals surface area contributed by atoms with Gasteiger partial charge >= 0.3 is 6.09 Å². The fraction of sp³-hybridized carbons (Fsp3) is 0.444. The molecule has 9 heteroatoms. The number of aromatic nitrogens is 3. The maximum Gasteiger partial charge on any atom is 0.407 e. The summed E-state index contributed by atoms with van der Waals surface area (Å²) in [5, 5.41) is 16.0. The Morgan fingerprint density at radius 1 is 1.07 bits per heavy atom. The van der Waals surface area contributed by atoms with Crippen LogP contribution in [-0.4, -0.2) is 46.4 Å². The summed E-state index contributed by atoms with van der Waals surface area (Å²) in [6, 6.07) is 7.15. The molecule has 0 saturated heterocycles. The molecular weight excluding hydrogens is 348 g/mol. The molecule has 2 aromatic rings. The lowest BCUT2D eigenvalue weighted by Gasteiger charge is -2.13. The third-order valence-electron chi connectivity index (χ3n) is 4.84. The lowest BCUT2D eigenvalue weighted by atomic mass is 10.0. The summed E-state index contributed by atoms with van der Waals surface area (Å²) in [7, 11) is 0. The van der Waals surface area contributed by atoms with E-state index in [4.69, 9.17) is 4.74 Å². The standard InChI is InChI=1S/C18H22N6O3/c25-17-13-3-1-4-15(21-13)22-16-10-14(23-24-16)11-5-6-12(9-11)27-18(26)20-8-2-7-19-17/h1,3-4,10-12H,2,5-9H2,(H,19,25)(H,20,26)(H2,21,22,23,24)/t11-,12+/m0/s1. The lowest BCUT2D eigenvalue weighted by Crippen LogP contribution is -2.32. The number of hydrogen-bond donors (Lipinski definition) is 4.